The minimum absolute atomic E-state index is 0.0698. The molecule has 0 aliphatic heterocycles. The molecule has 0 aromatic heterocycles. The van der Waals surface area contributed by atoms with Crippen molar-refractivity contribution >= 4 is 17.9 Å². The lowest BCUT2D eigenvalue weighted by Crippen LogP contribution is -2.30. The van der Waals surface area contributed by atoms with Gasteiger partial charge in [-0.15, -0.1) is 0 Å². The van der Waals surface area contributed by atoms with Gasteiger partial charge in [0.15, 0.2) is 6.10 Å². The van der Waals surface area contributed by atoms with Crippen molar-refractivity contribution in [2.24, 2.45) is 0 Å². The summed E-state index contributed by atoms with van der Waals surface area (Å²) in [4.78, 5) is 38.0. The molecule has 0 saturated heterocycles. The number of hydrogen-bond donors (Lipinski definition) is 0. The number of carbonyl (C=O) groups is 3. The number of carbonyl (C=O) groups excluding carboxylic acids is 3. The fourth-order valence-corrected chi connectivity index (χ4v) is 9.21. The van der Waals surface area contributed by atoms with E-state index in [1.807, 2.05) is 0 Å². The summed E-state index contributed by atoms with van der Waals surface area (Å²) in [6.07, 6.45) is 80.8. The minimum Gasteiger partial charge on any atom is -0.462 e. The van der Waals surface area contributed by atoms with Crippen LogP contribution < -0.4 is 0 Å². The third-order valence-electron chi connectivity index (χ3n) is 14.0. The van der Waals surface area contributed by atoms with Gasteiger partial charge in [-0.3, -0.25) is 14.4 Å². The Balaban J connectivity index is 4.03. The van der Waals surface area contributed by atoms with Crippen LogP contribution in [0, 0.1) is 0 Å². The third-order valence-corrected chi connectivity index (χ3v) is 14.0. The lowest BCUT2D eigenvalue weighted by molar-refractivity contribution is -0.167. The lowest BCUT2D eigenvalue weighted by Gasteiger charge is -2.18. The van der Waals surface area contributed by atoms with Gasteiger partial charge in [0, 0.05) is 19.3 Å². The zero-order valence-corrected chi connectivity index (χ0v) is 49.1. The van der Waals surface area contributed by atoms with E-state index in [4.69, 9.17) is 14.2 Å². The molecule has 0 aliphatic carbocycles. The standard InChI is InChI=1S/C68H120O6/c1-4-7-10-13-16-18-20-22-24-26-27-28-29-30-31-32-33-34-35-36-37-38-39-40-41-42-44-45-47-49-52-55-58-61-67(70)73-64-65(63-72-66(69)60-57-54-51-15-12-9-6-3)74-68(71)62-59-56-53-50-48-46-43-25-23-21-19-17-14-11-8-5-2/h7,10,16,18,22,24,27-28,30-31,33-34,65H,4-6,8-9,11-15,17,19-21,23,25-26,29,32,35-64H2,1-3H3/b10-7-,18-16-,24-22-,28-27-,31-30-,34-33-. The zero-order valence-electron chi connectivity index (χ0n) is 49.1. The molecule has 0 N–H and O–H groups in total. The first-order chi connectivity index (χ1) is 36.5. The van der Waals surface area contributed by atoms with Gasteiger partial charge in [0.1, 0.15) is 13.2 Å². The van der Waals surface area contributed by atoms with E-state index in [0.717, 1.165) is 96.3 Å². The smallest absolute Gasteiger partial charge is 0.306 e. The molecule has 428 valence electrons. The highest BCUT2D eigenvalue weighted by Gasteiger charge is 2.19. The number of allylic oxidation sites excluding steroid dienone is 12. The average Bonchev–Trinajstić information content (AvgIpc) is 3.40. The Labute approximate surface area is 459 Å². The summed E-state index contributed by atoms with van der Waals surface area (Å²) in [5.74, 6) is -0.861. The van der Waals surface area contributed by atoms with Gasteiger partial charge in [-0.25, -0.2) is 0 Å². The molecule has 0 rings (SSSR count). The molecule has 0 aromatic rings. The number of esters is 3. The molecule has 0 saturated carbocycles. The van der Waals surface area contributed by atoms with Crippen molar-refractivity contribution in [3.05, 3.63) is 72.9 Å². The van der Waals surface area contributed by atoms with E-state index in [1.54, 1.807) is 0 Å². The van der Waals surface area contributed by atoms with Crippen molar-refractivity contribution in [1.29, 1.82) is 0 Å². The molecule has 0 fully saturated rings. The van der Waals surface area contributed by atoms with Gasteiger partial charge in [-0.2, -0.15) is 0 Å². The molecule has 6 nitrogen and oxygen atoms in total. The average molecular weight is 1030 g/mol. The van der Waals surface area contributed by atoms with E-state index >= 15 is 0 Å². The van der Waals surface area contributed by atoms with Crippen molar-refractivity contribution in [3.8, 4) is 0 Å². The van der Waals surface area contributed by atoms with Crippen molar-refractivity contribution in [1.82, 2.24) is 0 Å². The Kier molecular flexibility index (Phi) is 59.7. The normalized spacial score (nSPS) is 12.5. The number of rotatable bonds is 58. The lowest BCUT2D eigenvalue weighted by atomic mass is 10.0. The van der Waals surface area contributed by atoms with Crippen LogP contribution in [0.5, 0.6) is 0 Å². The third kappa shape index (κ3) is 59.7. The molecule has 1 unspecified atom stereocenters. The highest BCUT2D eigenvalue weighted by atomic mass is 16.6. The van der Waals surface area contributed by atoms with Gasteiger partial charge in [-0.05, 0) is 70.6 Å². The highest BCUT2D eigenvalue weighted by molar-refractivity contribution is 5.71. The zero-order chi connectivity index (χ0) is 53.6. The molecule has 6 heteroatoms. The summed E-state index contributed by atoms with van der Waals surface area (Å²) in [6, 6.07) is 0. The molecule has 0 heterocycles. The number of unbranched alkanes of at least 4 members (excludes halogenated alkanes) is 35. The number of ether oxygens (including phenoxy) is 3. The summed E-state index contributed by atoms with van der Waals surface area (Å²) in [5.41, 5.74) is 0. The fourth-order valence-electron chi connectivity index (χ4n) is 9.21. The maximum absolute atomic E-state index is 12.8. The Bertz CT molecular complexity index is 1370. The minimum atomic E-state index is -0.768. The van der Waals surface area contributed by atoms with E-state index in [0.29, 0.717) is 19.3 Å². The van der Waals surface area contributed by atoms with Crippen LogP contribution in [-0.4, -0.2) is 37.2 Å². The summed E-state index contributed by atoms with van der Waals surface area (Å²) in [6.45, 7) is 6.52. The van der Waals surface area contributed by atoms with Crippen LogP contribution in [0.2, 0.25) is 0 Å². The summed E-state index contributed by atoms with van der Waals surface area (Å²) < 4.78 is 16.8. The molecule has 0 amide bonds. The molecule has 0 aromatic carbocycles. The molecule has 1 atom stereocenters. The quantitative estimate of drug-likeness (QED) is 0.0261. The van der Waals surface area contributed by atoms with Gasteiger partial charge in [0.05, 0.1) is 0 Å². The SMILES string of the molecule is CC/C=C\C/C=C\C/C=C\C/C=C\C/C=C\C/C=C\CCCCCCCCCCCCCCCCC(=O)OCC(COC(=O)CCCCCCCCC)OC(=O)CCCCCCCCCCCCCCCCCC. The van der Waals surface area contributed by atoms with Crippen molar-refractivity contribution in [2.75, 3.05) is 13.2 Å². The Hall–Kier alpha value is -3.15. The van der Waals surface area contributed by atoms with Gasteiger partial charge in [0.25, 0.3) is 0 Å². The fraction of sp³-hybridized carbons (Fsp3) is 0.779. The van der Waals surface area contributed by atoms with Gasteiger partial charge >= 0.3 is 17.9 Å². The Morgan fingerprint density at radius 1 is 0.284 bits per heavy atom. The van der Waals surface area contributed by atoms with Gasteiger partial charge in [-0.1, -0.05) is 306 Å². The second-order valence-electron chi connectivity index (χ2n) is 21.3. The topological polar surface area (TPSA) is 78.9 Å². The van der Waals surface area contributed by atoms with Crippen molar-refractivity contribution in [2.45, 2.75) is 329 Å². The van der Waals surface area contributed by atoms with Crippen LogP contribution in [0.25, 0.3) is 0 Å². The van der Waals surface area contributed by atoms with Gasteiger partial charge < -0.3 is 14.2 Å². The predicted octanol–water partition coefficient (Wildman–Crippen LogP) is 21.7. The monoisotopic (exact) mass is 1030 g/mol. The van der Waals surface area contributed by atoms with E-state index in [9.17, 15) is 14.4 Å². The van der Waals surface area contributed by atoms with Crippen LogP contribution in [0.4, 0.5) is 0 Å². The predicted molar refractivity (Wildman–Crippen MR) is 321 cm³/mol. The maximum Gasteiger partial charge on any atom is 0.306 e. The maximum atomic E-state index is 12.8. The van der Waals surface area contributed by atoms with Crippen molar-refractivity contribution in [3.63, 3.8) is 0 Å². The second kappa shape index (κ2) is 62.4. The van der Waals surface area contributed by atoms with E-state index in [2.05, 4.69) is 93.7 Å². The van der Waals surface area contributed by atoms with Crippen LogP contribution in [0.1, 0.15) is 323 Å². The molecule has 74 heavy (non-hydrogen) atoms. The van der Waals surface area contributed by atoms with Crippen LogP contribution in [-0.2, 0) is 28.6 Å². The molecular formula is C68H120O6. The molecule has 0 aliphatic rings. The summed E-state index contributed by atoms with van der Waals surface area (Å²) in [7, 11) is 0. The molecule has 0 spiro atoms. The van der Waals surface area contributed by atoms with Crippen LogP contribution in [0.15, 0.2) is 72.9 Å². The summed E-state index contributed by atoms with van der Waals surface area (Å²) in [5, 5.41) is 0. The first kappa shape index (κ1) is 70.8. The van der Waals surface area contributed by atoms with Gasteiger partial charge in [0.2, 0.25) is 0 Å². The van der Waals surface area contributed by atoms with Crippen LogP contribution in [0.3, 0.4) is 0 Å². The largest absolute Gasteiger partial charge is 0.462 e. The first-order valence-corrected chi connectivity index (χ1v) is 31.9. The summed E-state index contributed by atoms with van der Waals surface area (Å²) >= 11 is 0. The van der Waals surface area contributed by atoms with E-state index in [1.165, 1.54) is 186 Å². The second-order valence-corrected chi connectivity index (χ2v) is 21.3. The number of hydrogen-bond acceptors (Lipinski definition) is 6. The molecular weight excluding hydrogens is 913 g/mol. The molecule has 0 radical (unpaired) electrons. The molecule has 0 bridgehead atoms. The van der Waals surface area contributed by atoms with E-state index in [-0.39, 0.29) is 31.1 Å². The Morgan fingerprint density at radius 2 is 0.527 bits per heavy atom. The first-order valence-electron chi connectivity index (χ1n) is 31.9. The van der Waals surface area contributed by atoms with Crippen molar-refractivity contribution < 1.29 is 28.6 Å². The highest BCUT2D eigenvalue weighted by Crippen LogP contribution is 2.17. The Morgan fingerprint density at radius 3 is 0.824 bits per heavy atom. The van der Waals surface area contributed by atoms with E-state index < -0.39 is 6.10 Å². The van der Waals surface area contributed by atoms with Crippen LogP contribution >= 0.6 is 0 Å².